The lowest BCUT2D eigenvalue weighted by Gasteiger charge is -2.29. The Hall–Kier alpha value is -3.00. The molecular weight excluding hydrogens is 398 g/mol. The molecule has 0 spiro atoms. The SMILES string of the molecule is CCCCCSc1nnc2c(n1)OC(c1ccncc1)N(C(C)=O)c1ccccc1-2. The first kappa shape index (κ1) is 20.3. The Morgan fingerprint density at radius 1 is 1.13 bits per heavy atom. The number of para-hydroxylation sites is 1. The van der Waals surface area contributed by atoms with E-state index in [1.165, 1.54) is 13.3 Å². The maximum absolute atomic E-state index is 12.7. The molecule has 1 aliphatic heterocycles. The van der Waals surface area contributed by atoms with Crippen molar-refractivity contribution in [2.24, 2.45) is 0 Å². The summed E-state index contributed by atoms with van der Waals surface area (Å²) in [6.45, 7) is 3.70. The summed E-state index contributed by atoms with van der Waals surface area (Å²) in [6.07, 6.45) is 6.13. The second-order valence-corrected chi connectivity index (χ2v) is 8.02. The Morgan fingerprint density at radius 3 is 2.70 bits per heavy atom. The third-order valence-electron chi connectivity index (χ3n) is 4.82. The number of amides is 1. The van der Waals surface area contributed by atoms with Crippen LogP contribution in [0.5, 0.6) is 5.88 Å². The van der Waals surface area contributed by atoms with Gasteiger partial charge in [-0.2, -0.15) is 4.98 Å². The average molecular weight is 422 g/mol. The van der Waals surface area contributed by atoms with Gasteiger partial charge in [0.25, 0.3) is 0 Å². The van der Waals surface area contributed by atoms with Crippen molar-refractivity contribution in [3.8, 4) is 17.1 Å². The van der Waals surface area contributed by atoms with Crippen LogP contribution in [0, 0.1) is 0 Å². The Balaban J connectivity index is 1.79. The smallest absolute Gasteiger partial charge is 0.247 e. The van der Waals surface area contributed by atoms with Crippen LogP contribution >= 0.6 is 11.8 Å². The van der Waals surface area contributed by atoms with Gasteiger partial charge in [0.05, 0.1) is 5.69 Å². The molecular formula is C22H23N5O2S. The van der Waals surface area contributed by atoms with Crippen LogP contribution < -0.4 is 9.64 Å². The molecule has 1 aromatic carbocycles. The Kier molecular flexibility index (Phi) is 6.23. The molecule has 2 aromatic heterocycles. The second kappa shape index (κ2) is 9.21. The fourth-order valence-electron chi connectivity index (χ4n) is 3.37. The lowest BCUT2D eigenvalue weighted by Crippen LogP contribution is -2.36. The third-order valence-corrected chi connectivity index (χ3v) is 5.75. The van der Waals surface area contributed by atoms with Crippen molar-refractivity contribution in [2.45, 2.75) is 44.5 Å². The van der Waals surface area contributed by atoms with Gasteiger partial charge in [0.2, 0.25) is 23.2 Å². The topological polar surface area (TPSA) is 81.1 Å². The molecule has 154 valence electrons. The van der Waals surface area contributed by atoms with Gasteiger partial charge >= 0.3 is 0 Å². The van der Waals surface area contributed by atoms with E-state index in [4.69, 9.17) is 4.74 Å². The fraction of sp³-hybridized carbons (Fsp3) is 0.318. The average Bonchev–Trinajstić information content (AvgIpc) is 2.91. The highest BCUT2D eigenvalue weighted by molar-refractivity contribution is 7.99. The Labute approximate surface area is 179 Å². The molecule has 3 heterocycles. The van der Waals surface area contributed by atoms with Gasteiger partial charge in [-0.3, -0.25) is 14.7 Å². The van der Waals surface area contributed by atoms with Crippen LogP contribution in [0.1, 0.15) is 44.9 Å². The highest BCUT2D eigenvalue weighted by Gasteiger charge is 2.34. The summed E-state index contributed by atoms with van der Waals surface area (Å²) < 4.78 is 6.32. The van der Waals surface area contributed by atoms with Gasteiger partial charge in [-0.15, -0.1) is 10.2 Å². The predicted molar refractivity (Wildman–Crippen MR) is 116 cm³/mol. The summed E-state index contributed by atoms with van der Waals surface area (Å²) in [6, 6.07) is 11.3. The summed E-state index contributed by atoms with van der Waals surface area (Å²) >= 11 is 1.57. The maximum atomic E-state index is 12.7. The summed E-state index contributed by atoms with van der Waals surface area (Å²) in [4.78, 5) is 23.1. The molecule has 1 aliphatic rings. The minimum Gasteiger partial charge on any atom is -0.447 e. The van der Waals surface area contributed by atoms with Crippen molar-refractivity contribution >= 4 is 23.4 Å². The van der Waals surface area contributed by atoms with Crippen molar-refractivity contribution in [2.75, 3.05) is 10.7 Å². The second-order valence-electron chi connectivity index (χ2n) is 6.96. The van der Waals surface area contributed by atoms with Crippen molar-refractivity contribution in [3.63, 3.8) is 0 Å². The number of rotatable bonds is 6. The number of anilines is 1. The number of ether oxygens (including phenoxy) is 1. The van der Waals surface area contributed by atoms with Crippen molar-refractivity contribution in [1.29, 1.82) is 0 Å². The largest absolute Gasteiger partial charge is 0.447 e. The standard InChI is InChI=1S/C22H23N5O2S/c1-3-4-7-14-30-22-24-20-19(25-26-22)17-8-5-6-9-18(17)27(15(2)28)21(29-20)16-10-12-23-13-11-16/h5-6,8-13,21H,3-4,7,14H2,1-2H3. The number of pyridine rings is 1. The number of unbranched alkanes of at least 4 members (excludes halogenated alkanes) is 2. The van der Waals surface area contributed by atoms with E-state index < -0.39 is 6.23 Å². The quantitative estimate of drug-likeness (QED) is 0.423. The minimum absolute atomic E-state index is 0.140. The summed E-state index contributed by atoms with van der Waals surface area (Å²) in [5.41, 5.74) is 2.82. The molecule has 1 atom stereocenters. The molecule has 0 saturated heterocycles. The number of thioether (sulfide) groups is 1. The maximum Gasteiger partial charge on any atom is 0.247 e. The first-order chi connectivity index (χ1) is 14.7. The summed E-state index contributed by atoms with van der Waals surface area (Å²) in [5, 5.41) is 9.31. The van der Waals surface area contributed by atoms with Crippen LogP contribution in [0.4, 0.5) is 5.69 Å². The zero-order valence-corrected chi connectivity index (χ0v) is 17.8. The van der Waals surface area contributed by atoms with Gasteiger partial charge in [0.1, 0.15) is 0 Å². The number of aromatic nitrogens is 4. The van der Waals surface area contributed by atoms with Crippen molar-refractivity contribution < 1.29 is 9.53 Å². The predicted octanol–water partition coefficient (Wildman–Crippen LogP) is 4.66. The first-order valence-corrected chi connectivity index (χ1v) is 11.0. The number of carbonyl (C=O) groups is 1. The Morgan fingerprint density at radius 2 is 1.93 bits per heavy atom. The molecule has 0 saturated carbocycles. The normalized spacial score (nSPS) is 15.0. The van der Waals surface area contributed by atoms with Crippen LogP contribution in [0.3, 0.4) is 0 Å². The molecule has 0 fully saturated rings. The summed E-state index contributed by atoms with van der Waals surface area (Å²) in [5.74, 6) is 1.17. The zero-order valence-electron chi connectivity index (χ0n) is 17.0. The molecule has 3 aromatic rings. The number of hydrogen-bond donors (Lipinski definition) is 0. The van der Waals surface area contributed by atoms with Crippen LogP contribution in [-0.2, 0) is 4.79 Å². The van der Waals surface area contributed by atoms with Crippen LogP contribution in [0.2, 0.25) is 0 Å². The minimum atomic E-state index is -0.678. The van der Waals surface area contributed by atoms with E-state index in [0.717, 1.165) is 29.7 Å². The summed E-state index contributed by atoms with van der Waals surface area (Å²) in [7, 11) is 0. The van der Waals surface area contributed by atoms with Crippen LogP contribution in [0.15, 0.2) is 53.9 Å². The molecule has 7 nitrogen and oxygen atoms in total. The van der Waals surface area contributed by atoms with Gasteiger partial charge in [-0.1, -0.05) is 49.7 Å². The van der Waals surface area contributed by atoms with Gasteiger partial charge in [0, 0.05) is 36.2 Å². The van der Waals surface area contributed by atoms with Crippen LogP contribution in [0.25, 0.3) is 11.3 Å². The molecule has 0 bridgehead atoms. The Bertz CT molecular complexity index is 1030. The van der Waals surface area contributed by atoms with E-state index in [2.05, 4.69) is 27.1 Å². The van der Waals surface area contributed by atoms with Gasteiger partial charge in [-0.05, 0) is 24.6 Å². The zero-order chi connectivity index (χ0) is 20.9. The number of carbonyl (C=O) groups excluding carboxylic acids is 1. The lowest BCUT2D eigenvalue weighted by atomic mass is 10.1. The number of benzene rings is 1. The lowest BCUT2D eigenvalue weighted by molar-refractivity contribution is -0.118. The van der Waals surface area contributed by atoms with E-state index in [-0.39, 0.29) is 5.91 Å². The van der Waals surface area contributed by atoms with Gasteiger partial charge in [-0.25, -0.2) is 0 Å². The van der Waals surface area contributed by atoms with Crippen molar-refractivity contribution in [1.82, 2.24) is 20.2 Å². The monoisotopic (exact) mass is 421 g/mol. The van der Waals surface area contributed by atoms with E-state index in [9.17, 15) is 4.79 Å². The number of fused-ring (bicyclic) bond motifs is 3. The molecule has 1 amide bonds. The molecule has 4 rings (SSSR count). The number of hydrogen-bond acceptors (Lipinski definition) is 7. The van der Waals surface area contributed by atoms with Crippen molar-refractivity contribution in [3.05, 3.63) is 54.4 Å². The molecule has 0 aliphatic carbocycles. The highest BCUT2D eigenvalue weighted by Crippen LogP contribution is 2.43. The highest BCUT2D eigenvalue weighted by atomic mass is 32.2. The van der Waals surface area contributed by atoms with E-state index in [1.54, 1.807) is 29.1 Å². The molecule has 30 heavy (non-hydrogen) atoms. The van der Waals surface area contributed by atoms with Gasteiger partial charge < -0.3 is 4.74 Å². The van der Waals surface area contributed by atoms with E-state index in [1.807, 2.05) is 36.4 Å². The molecule has 1 unspecified atom stereocenters. The van der Waals surface area contributed by atoms with E-state index in [0.29, 0.717) is 22.4 Å². The van der Waals surface area contributed by atoms with E-state index >= 15 is 0 Å². The first-order valence-electron chi connectivity index (χ1n) is 10.0. The van der Waals surface area contributed by atoms with Crippen LogP contribution in [-0.4, -0.2) is 31.8 Å². The number of nitrogens with zero attached hydrogens (tertiary/aromatic N) is 5. The fourth-order valence-corrected chi connectivity index (χ4v) is 4.15. The molecule has 0 radical (unpaired) electrons. The third kappa shape index (κ3) is 4.14. The molecule has 0 N–H and O–H groups in total. The van der Waals surface area contributed by atoms with Gasteiger partial charge in [0.15, 0.2) is 5.69 Å². The molecule has 8 heteroatoms.